The summed E-state index contributed by atoms with van der Waals surface area (Å²) in [6.07, 6.45) is 0. The summed E-state index contributed by atoms with van der Waals surface area (Å²) >= 11 is 0. The van der Waals surface area contributed by atoms with E-state index in [0.29, 0.717) is 36.7 Å². The van der Waals surface area contributed by atoms with Crippen molar-refractivity contribution in [2.24, 2.45) is 0 Å². The van der Waals surface area contributed by atoms with Gasteiger partial charge in [0.15, 0.2) is 6.61 Å². The first-order valence-corrected chi connectivity index (χ1v) is 11.5. The van der Waals surface area contributed by atoms with Crippen molar-refractivity contribution in [1.29, 1.82) is 0 Å². The number of nitrogens with zero attached hydrogens (tertiary/aromatic N) is 1. The Morgan fingerprint density at radius 3 is 2.35 bits per heavy atom. The Morgan fingerprint density at radius 1 is 1.03 bits per heavy atom. The average Bonchev–Trinajstić information content (AvgIpc) is 2.74. The van der Waals surface area contributed by atoms with Gasteiger partial charge in [0.25, 0.3) is 5.91 Å². The molecule has 2 aromatic rings. The molecule has 0 radical (unpaired) electrons. The number of carbonyl (C=O) groups is 2. The fraction of sp³-hybridized carbons (Fsp3) is 0.364. The third-order valence-electron chi connectivity index (χ3n) is 4.54. The minimum Gasteiger partial charge on any atom is -0.493 e. The van der Waals surface area contributed by atoms with E-state index in [1.807, 2.05) is 0 Å². The van der Waals surface area contributed by atoms with Crippen molar-refractivity contribution >= 4 is 27.6 Å². The highest BCUT2D eigenvalue weighted by Crippen LogP contribution is 2.24. The van der Waals surface area contributed by atoms with Gasteiger partial charge in [-0.25, -0.2) is 13.2 Å². The van der Waals surface area contributed by atoms with E-state index in [2.05, 4.69) is 5.32 Å². The maximum absolute atomic E-state index is 12.8. The van der Waals surface area contributed by atoms with Gasteiger partial charge in [-0.1, -0.05) is 32.0 Å². The second kappa shape index (κ2) is 10.9. The lowest BCUT2D eigenvalue weighted by Crippen LogP contribution is -2.31. The van der Waals surface area contributed by atoms with Crippen molar-refractivity contribution in [2.75, 3.05) is 31.6 Å². The third-order valence-corrected chi connectivity index (χ3v) is 6.73. The van der Waals surface area contributed by atoms with Crippen LogP contribution >= 0.6 is 0 Å². The molecule has 8 nitrogen and oxygen atoms in total. The summed E-state index contributed by atoms with van der Waals surface area (Å²) in [5.74, 6) is -0.898. The molecule has 2 rings (SSSR count). The number of nitrogens with one attached hydrogen (secondary N) is 1. The number of carbonyl (C=O) groups excluding carboxylic acids is 2. The SMILES string of the molecule is CCOc1ccccc1C(=O)OCC(=O)Nc1ccc(C)c(S(=O)(=O)N(CC)CC)c1. The van der Waals surface area contributed by atoms with Crippen molar-refractivity contribution in [2.45, 2.75) is 32.6 Å². The number of hydrogen-bond donors (Lipinski definition) is 1. The molecule has 0 saturated heterocycles. The molecule has 0 heterocycles. The first kappa shape index (κ1) is 24.4. The van der Waals surface area contributed by atoms with E-state index < -0.39 is 28.5 Å². The Morgan fingerprint density at radius 2 is 1.71 bits per heavy atom. The molecule has 0 spiro atoms. The van der Waals surface area contributed by atoms with E-state index in [1.165, 1.54) is 10.4 Å². The van der Waals surface area contributed by atoms with Crippen molar-refractivity contribution in [3.05, 3.63) is 53.6 Å². The molecule has 2 aromatic carbocycles. The molecular formula is C22H28N2O6S. The maximum Gasteiger partial charge on any atom is 0.342 e. The highest BCUT2D eigenvalue weighted by atomic mass is 32.2. The van der Waals surface area contributed by atoms with Gasteiger partial charge >= 0.3 is 5.97 Å². The summed E-state index contributed by atoms with van der Waals surface area (Å²) < 4.78 is 37.5. The summed E-state index contributed by atoms with van der Waals surface area (Å²) in [6.45, 7) is 7.57. The number of amides is 1. The summed E-state index contributed by atoms with van der Waals surface area (Å²) in [5.41, 5.74) is 1.09. The number of sulfonamides is 1. The molecule has 0 bridgehead atoms. The number of hydrogen-bond acceptors (Lipinski definition) is 6. The molecule has 31 heavy (non-hydrogen) atoms. The van der Waals surface area contributed by atoms with Gasteiger partial charge in [0, 0.05) is 18.8 Å². The molecular weight excluding hydrogens is 420 g/mol. The molecule has 1 amide bonds. The minimum atomic E-state index is -3.68. The third kappa shape index (κ3) is 6.05. The van der Waals surface area contributed by atoms with E-state index in [1.54, 1.807) is 64.1 Å². The van der Waals surface area contributed by atoms with Crippen LogP contribution < -0.4 is 10.1 Å². The van der Waals surface area contributed by atoms with E-state index in [0.717, 1.165) is 0 Å². The van der Waals surface area contributed by atoms with Crippen LogP contribution in [0.1, 0.15) is 36.7 Å². The van der Waals surface area contributed by atoms with Crippen LogP contribution in [0, 0.1) is 6.92 Å². The van der Waals surface area contributed by atoms with Crippen LogP contribution in [0.3, 0.4) is 0 Å². The van der Waals surface area contributed by atoms with E-state index in [4.69, 9.17) is 9.47 Å². The normalized spacial score (nSPS) is 11.3. The Hall–Kier alpha value is -2.91. The molecule has 168 valence electrons. The zero-order valence-electron chi connectivity index (χ0n) is 18.2. The Labute approximate surface area is 183 Å². The smallest absolute Gasteiger partial charge is 0.342 e. The first-order chi connectivity index (χ1) is 14.7. The number of rotatable bonds is 10. The predicted molar refractivity (Wildman–Crippen MR) is 118 cm³/mol. The van der Waals surface area contributed by atoms with Crippen LogP contribution in [0.2, 0.25) is 0 Å². The highest BCUT2D eigenvalue weighted by Gasteiger charge is 2.24. The molecule has 0 aliphatic rings. The fourth-order valence-electron chi connectivity index (χ4n) is 2.98. The van der Waals surface area contributed by atoms with Crippen molar-refractivity contribution < 1.29 is 27.5 Å². The average molecular weight is 449 g/mol. The minimum absolute atomic E-state index is 0.122. The van der Waals surface area contributed by atoms with Gasteiger partial charge < -0.3 is 14.8 Å². The van der Waals surface area contributed by atoms with Gasteiger partial charge in [-0.15, -0.1) is 0 Å². The topological polar surface area (TPSA) is 102 Å². The van der Waals surface area contributed by atoms with Crippen molar-refractivity contribution in [3.63, 3.8) is 0 Å². The molecule has 0 atom stereocenters. The molecule has 0 saturated carbocycles. The number of anilines is 1. The zero-order valence-corrected chi connectivity index (χ0v) is 19.0. The first-order valence-electron chi connectivity index (χ1n) is 10.0. The summed E-state index contributed by atoms with van der Waals surface area (Å²) in [5, 5.41) is 2.57. The molecule has 1 N–H and O–H groups in total. The van der Waals surface area contributed by atoms with Crippen LogP contribution in [0.5, 0.6) is 5.75 Å². The lowest BCUT2D eigenvalue weighted by molar-refractivity contribution is -0.119. The largest absolute Gasteiger partial charge is 0.493 e. The van der Waals surface area contributed by atoms with Crippen LogP contribution in [0.15, 0.2) is 47.4 Å². The summed E-state index contributed by atoms with van der Waals surface area (Å²) in [7, 11) is -3.68. The number of para-hydroxylation sites is 1. The van der Waals surface area contributed by atoms with E-state index in [-0.39, 0.29) is 10.5 Å². The Balaban J connectivity index is 2.09. The lowest BCUT2D eigenvalue weighted by atomic mass is 10.2. The highest BCUT2D eigenvalue weighted by molar-refractivity contribution is 7.89. The zero-order chi connectivity index (χ0) is 23.0. The Kier molecular flexibility index (Phi) is 8.58. The molecule has 0 aliphatic carbocycles. The monoisotopic (exact) mass is 448 g/mol. The van der Waals surface area contributed by atoms with E-state index in [9.17, 15) is 18.0 Å². The van der Waals surface area contributed by atoms with E-state index >= 15 is 0 Å². The fourth-order valence-corrected chi connectivity index (χ4v) is 4.69. The van der Waals surface area contributed by atoms with Gasteiger partial charge in [0.05, 0.1) is 11.5 Å². The quantitative estimate of drug-likeness (QED) is 0.560. The predicted octanol–water partition coefficient (Wildman–Crippen LogP) is 3.22. The van der Waals surface area contributed by atoms with Gasteiger partial charge in [-0.2, -0.15) is 4.31 Å². The standard InChI is InChI=1S/C22H28N2O6S/c1-5-24(6-2)31(27,28)20-14-17(13-12-16(20)4)23-21(25)15-30-22(26)18-10-8-9-11-19(18)29-7-3/h8-14H,5-7,15H2,1-4H3,(H,23,25). The van der Waals surface area contributed by atoms with Gasteiger partial charge in [0.1, 0.15) is 11.3 Å². The molecule has 0 aromatic heterocycles. The molecule has 0 fully saturated rings. The Bertz CT molecular complexity index is 1030. The number of esters is 1. The van der Waals surface area contributed by atoms with Gasteiger partial charge in [-0.05, 0) is 43.7 Å². The van der Waals surface area contributed by atoms with Crippen LogP contribution in [0.4, 0.5) is 5.69 Å². The maximum atomic E-state index is 12.8. The number of ether oxygens (including phenoxy) is 2. The van der Waals surface area contributed by atoms with Crippen LogP contribution in [-0.4, -0.2) is 50.9 Å². The van der Waals surface area contributed by atoms with Crippen molar-refractivity contribution in [1.82, 2.24) is 4.31 Å². The number of aryl methyl sites for hydroxylation is 1. The second-order valence-electron chi connectivity index (χ2n) is 6.62. The van der Waals surface area contributed by atoms with Crippen molar-refractivity contribution in [3.8, 4) is 5.75 Å². The summed E-state index contributed by atoms with van der Waals surface area (Å²) in [4.78, 5) is 24.7. The molecule has 0 aliphatic heterocycles. The van der Waals surface area contributed by atoms with Crippen LogP contribution in [0.25, 0.3) is 0 Å². The van der Waals surface area contributed by atoms with Crippen LogP contribution in [-0.2, 0) is 19.6 Å². The molecule has 0 unspecified atom stereocenters. The summed E-state index contributed by atoms with van der Waals surface area (Å²) in [6, 6.07) is 11.2. The lowest BCUT2D eigenvalue weighted by Gasteiger charge is -2.20. The van der Waals surface area contributed by atoms with Gasteiger partial charge in [-0.3, -0.25) is 4.79 Å². The molecule has 9 heteroatoms. The number of benzene rings is 2. The second-order valence-corrected chi connectivity index (χ2v) is 8.53. The van der Waals surface area contributed by atoms with Gasteiger partial charge in [0.2, 0.25) is 10.0 Å².